The topological polar surface area (TPSA) is 64.6 Å². The summed E-state index contributed by atoms with van der Waals surface area (Å²) in [4.78, 5) is 24.4. The minimum atomic E-state index is -0.895. The number of carbonyl (C=O) groups excluding carboxylic acids is 2. The van der Waals surface area contributed by atoms with E-state index >= 15 is 0 Å². The molecule has 0 aliphatic carbocycles. The zero-order valence-electron chi connectivity index (χ0n) is 13.9. The van der Waals surface area contributed by atoms with Crippen LogP contribution in [-0.2, 0) is 16.0 Å². The molecule has 1 heterocycles. The molecule has 1 aliphatic heterocycles. The molecular formula is C19H18FNO4. The van der Waals surface area contributed by atoms with Crippen LogP contribution in [0.1, 0.15) is 34.5 Å². The number of esters is 1. The predicted molar refractivity (Wildman–Crippen MR) is 88.9 cm³/mol. The molecule has 3 rings (SSSR count). The predicted octanol–water partition coefficient (Wildman–Crippen LogP) is 2.79. The van der Waals surface area contributed by atoms with Gasteiger partial charge in [-0.3, -0.25) is 4.79 Å². The number of amides is 1. The van der Waals surface area contributed by atoms with Crippen molar-refractivity contribution < 1.29 is 23.5 Å². The molecule has 5 nitrogen and oxygen atoms in total. The van der Waals surface area contributed by atoms with Gasteiger partial charge < -0.3 is 14.8 Å². The van der Waals surface area contributed by atoms with Gasteiger partial charge in [-0.1, -0.05) is 24.3 Å². The van der Waals surface area contributed by atoms with Crippen molar-refractivity contribution in [2.24, 2.45) is 0 Å². The van der Waals surface area contributed by atoms with Gasteiger partial charge in [0.05, 0.1) is 18.7 Å². The maximum Gasteiger partial charge on any atom is 0.339 e. The summed E-state index contributed by atoms with van der Waals surface area (Å²) in [7, 11) is 1.39. The molecule has 0 unspecified atom stereocenters. The third-order valence-electron chi connectivity index (χ3n) is 4.22. The van der Waals surface area contributed by atoms with Gasteiger partial charge in [-0.25, -0.2) is 9.18 Å². The molecule has 6 heteroatoms. The Morgan fingerprint density at radius 3 is 2.80 bits per heavy atom. The van der Waals surface area contributed by atoms with Gasteiger partial charge in [-0.05, 0) is 36.2 Å². The quantitative estimate of drug-likeness (QED) is 0.867. The normalized spacial score (nSPS) is 17.2. The smallest absolute Gasteiger partial charge is 0.339 e. The van der Waals surface area contributed by atoms with Crippen molar-refractivity contribution in [1.82, 2.24) is 5.32 Å². The van der Waals surface area contributed by atoms with E-state index in [1.54, 1.807) is 31.2 Å². The average molecular weight is 343 g/mol. The highest BCUT2D eigenvalue weighted by Crippen LogP contribution is 2.23. The molecule has 2 aromatic rings. The van der Waals surface area contributed by atoms with Crippen molar-refractivity contribution in [3.05, 3.63) is 65.0 Å². The highest BCUT2D eigenvalue weighted by atomic mass is 19.1. The molecule has 25 heavy (non-hydrogen) atoms. The minimum absolute atomic E-state index is 0.139. The molecule has 0 radical (unpaired) electrons. The van der Waals surface area contributed by atoms with Gasteiger partial charge in [0.15, 0.2) is 17.7 Å². The van der Waals surface area contributed by atoms with Gasteiger partial charge in [0.2, 0.25) is 0 Å². The van der Waals surface area contributed by atoms with Crippen LogP contribution < -0.4 is 10.1 Å². The second-order valence-electron chi connectivity index (χ2n) is 5.88. The first-order valence-corrected chi connectivity index (χ1v) is 7.92. The lowest BCUT2D eigenvalue weighted by Gasteiger charge is -2.25. The first-order valence-electron chi connectivity index (χ1n) is 7.92. The van der Waals surface area contributed by atoms with Crippen LogP contribution in [-0.4, -0.2) is 25.1 Å². The van der Waals surface area contributed by atoms with Crippen molar-refractivity contribution in [3.63, 3.8) is 0 Å². The van der Waals surface area contributed by atoms with Crippen molar-refractivity contribution >= 4 is 11.9 Å². The van der Waals surface area contributed by atoms with E-state index < -0.39 is 29.8 Å². The fraction of sp³-hybridized carbons (Fsp3) is 0.263. The number of rotatable bonds is 4. The number of nitrogens with one attached hydrogen (secondary N) is 1. The van der Waals surface area contributed by atoms with Gasteiger partial charge in [0.25, 0.3) is 5.91 Å². The summed E-state index contributed by atoms with van der Waals surface area (Å²) in [5.74, 6) is -1.28. The highest BCUT2D eigenvalue weighted by molar-refractivity contribution is 5.95. The zero-order chi connectivity index (χ0) is 18.0. The summed E-state index contributed by atoms with van der Waals surface area (Å²) in [6.45, 7) is 1.73. The lowest BCUT2D eigenvalue weighted by Crippen LogP contribution is -2.42. The van der Waals surface area contributed by atoms with Crippen LogP contribution in [0.15, 0.2) is 42.5 Å². The molecule has 1 amide bonds. The van der Waals surface area contributed by atoms with E-state index in [1.165, 1.54) is 19.2 Å². The Morgan fingerprint density at radius 1 is 1.32 bits per heavy atom. The summed E-state index contributed by atoms with van der Waals surface area (Å²) in [5.41, 5.74) is 1.85. The lowest BCUT2D eigenvalue weighted by atomic mass is 9.98. The number of fused-ring (bicyclic) bond motifs is 1. The summed E-state index contributed by atoms with van der Waals surface area (Å²) in [6, 6.07) is 11.1. The summed E-state index contributed by atoms with van der Waals surface area (Å²) in [5, 5.41) is 2.76. The minimum Gasteiger partial charge on any atom is -0.494 e. The Hall–Kier alpha value is -2.89. The first-order chi connectivity index (χ1) is 12.0. The zero-order valence-corrected chi connectivity index (χ0v) is 13.9. The van der Waals surface area contributed by atoms with Crippen LogP contribution in [0.25, 0.3) is 0 Å². The number of carbonyl (C=O) groups is 2. The van der Waals surface area contributed by atoms with Gasteiger partial charge >= 0.3 is 5.97 Å². The number of hydrogen-bond donors (Lipinski definition) is 1. The molecule has 0 spiro atoms. The number of methoxy groups -OCH3 is 1. The summed E-state index contributed by atoms with van der Waals surface area (Å²) >= 11 is 0. The second kappa shape index (κ2) is 6.93. The van der Waals surface area contributed by atoms with Gasteiger partial charge in [-0.2, -0.15) is 0 Å². The maximum atomic E-state index is 13.8. The highest BCUT2D eigenvalue weighted by Gasteiger charge is 2.31. The van der Waals surface area contributed by atoms with Crippen molar-refractivity contribution in [2.75, 3.05) is 7.11 Å². The Bertz CT molecular complexity index is 821. The third kappa shape index (κ3) is 3.47. The Kier molecular flexibility index (Phi) is 4.70. The van der Waals surface area contributed by atoms with Crippen LogP contribution in [0.5, 0.6) is 5.75 Å². The second-order valence-corrected chi connectivity index (χ2v) is 5.88. The van der Waals surface area contributed by atoms with Crippen LogP contribution in [0.2, 0.25) is 0 Å². The van der Waals surface area contributed by atoms with Gasteiger partial charge in [0, 0.05) is 6.42 Å². The third-order valence-corrected chi connectivity index (χ3v) is 4.22. The number of halogens is 1. The molecule has 0 aromatic heterocycles. The molecule has 1 N–H and O–H groups in total. The van der Waals surface area contributed by atoms with Crippen molar-refractivity contribution in [1.29, 1.82) is 0 Å². The van der Waals surface area contributed by atoms with Crippen LogP contribution in [0, 0.1) is 5.82 Å². The molecular weight excluding hydrogens is 325 g/mol. The Morgan fingerprint density at radius 2 is 2.08 bits per heavy atom. The fourth-order valence-electron chi connectivity index (χ4n) is 2.82. The largest absolute Gasteiger partial charge is 0.494 e. The van der Waals surface area contributed by atoms with Crippen LogP contribution >= 0.6 is 0 Å². The van der Waals surface area contributed by atoms with E-state index in [9.17, 15) is 14.0 Å². The first kappa shape index (κ1) is 17.0. The Balaban J connectivity index is 1.70. The van der Waals surface area contributed by atoms with E-state index in [-0.39, 0.29) is 5.75 Å². The van der Waals surface area contributed by atoms with E-state index in [2.05, 4.69) is 5.32 Å². The Labute approximate surface area is 144 Å². The molecule has 0 saturated carbocycles. The molecule has 130 valence electrons. The average Bonchev–Trinajstić information content (AvgIpc) is 2.61. The standard InChI is InChI=1S/C19H18FNO4/c1-11(12-7-8-16(24-2)15(20)9-12)21-18(22)17-10-13-5-3-4-6-14(13)19(23)25-17/h3-9,11,17H,10H2,1-2H3,(H,21,22)/t11-,17+/m1/s1. The van der Waals surface area contributed by atoms with E-state index in [0.29, 0.717) is 17.5 Å². The van der Waals surface area contributed by atoms with Gasteiger partial charge in [0.1, 0.15) is 0 Å². The molecule has 1 aliphatic rings. The number of ether oxygens (including phenoxy) is 2. The van der Waals surface area contributed by atoms with Crippen molar-refractivity contribution in [2.45, 2.75) is 25.5 Å². The monoisotopic (exact) mass is 343 g/mol. The molecule has 2 aromatic carbocycles. The van der Waals surface area contributed by atoms with E-state index in [1.807, 2.05) is 6.07 Å². The molecule has 0 fully saturated rings. The van der Waals surface area contributed by atoms with Crippen LogP contribution in [0.4, 0.5) is 4.39 Å². The number of hydrogen-bond acceptors (Lipinski definition) is 4. The fourth-order valence-corrected chi connectivity index (χ4v) is 2.82. The molecule has 0 bridgehead atoms. The SMILES string of the molecule is COc1ccc([C@@H](C)NC(=O)[C@@H]2Cc3ccccc3C(=O)O2)cc1F. The van der Waals surface area contributed by atoms with Crippen LogP contribution in [0.3, 0.4) is 0 Å². The maximum absolute atomic E-state index is 13.8. The number of benzene rings is 2. The lowest BCUT2D eigenvalue weighted by molar-refractivity contribution is -0.131. The summed E-state index contributed by atoms with van der Waals surface area (Å²) in [6.07, 6.45) is -0.579. The number of cyclic esters (lactones) is 1. The summed E-state index contributed by atoms with van der Waals surface area (Å²) < 4.78 is 23.9. The van der Waals surface area contributed by atoms with Crippen molar-refractivity contribution in [3.8, 4) is 5.75 Å². The van der Waals surface area contributed by atoms with E-state index in [4.69, 9.17) is 9.47 Å². The molecule has 0 saturated heterocycles. The van der Waals surface area contributed by atoms with Gasteiger partial charge in [-0.15, -0.1) is 0 Å². The molecule has 2 atom stereocenters. The van der Waals surface area contributed by atoms with E-state index in [0.717, 1.165) is 5.56 Å².